The lowest BCUT2D eigenvalue weighted by Gasteiger charge is -2.09. The molecule has 0 saturated heterocycles. The predicted octanol–water partition coefficient (Wildman–Crippen LogP) is 5.86. The smallest absolute Gasteiger partial charge is 0.228 e. The number of carbonyl (C=O) groups excluding carboxylic acids is 2. The van der Waals surface area contributed by atoms with Gasteiger partial charge in [-0.25, -0.2) is 0 Å². The molecule has 0 bridgehead atoms. The minimum atomic E-state index is -0.155. The number of azo groups is 1. The summed E-state index contributed by atoms with van der Waals surface area (Å²) in [5.74, 6) is -0.287. The Hall–Kier alpha value is -3.80. The van der Waals surface area contributed by atoms with Crippen LogP contribution in [0.4, 0.5) is 22.7 Å². The highest BCUT2D eigenvalue weighted by molar-refractivity contribution is 5.95. The van der Waals surface area contributed by atoms with Gasteiger partial charge in [0.2, 0.25) is 11.8 Å². The molecule has 0 saturated carbocycles. The number of anilines is 2. The van der Waals surface area contributed by atoms with Crippen LogP contribution in [-0.4, -0.2) is 11.8 Å². The molecule has 2 N–H and O–H groups in total. The maximum absolute atomic E-state index is 12.5. The number of hydrogen-bond acceptors (Lipinski definition) is 4. The molecular weight excluding hydrogens is 376 g/mol. The van der Waals surface area contributed by atoms with E-state index in [9.17, 15) is 9.59 Å². The van der Waals surface area contributed by atoms with Gasteiger partial charge in [0.25, 0.3) is 0 Å². The molecule has 3 rings (SSSR count). The average molecular weight is 400 g/mol. The molecule has 0 radical (unpaired) electrons. The first kappa shape index (κ1) is 20.9. The Morgan fingerprint density at radius 1 is 0.800 bits per heavy atom. The van der Waals surface area contributed by atoms with Crippen molar-refractivity contribution in [3.63, 3.8) is 0 Å². The number of nitrogens with zero attached hydrogens (tertiary/aromatic N) is 2. The fraction of sp³-hybridized carbons (Fsp3) is 0.167. The van der Waals surface area contributed by atoms with Gasteiger partial charge in [0.1, 0.15) is 5.69 Å². The zero-order valence-electron chi connectivity index (χ0n) is 17.3. The topological polar surface area (TPSA) is 82.9 Å². The van der Waals surface area contributed by atoms with Gasteiger partial charge in [-0.1, -0.05) is 35.9 Å². The van der Waals surface area contributed by atoms with E-state index in [1.54, 1.807) is 12.1 Å². The number of carbonyl (C=O) groups is 2. The van der Waals surface area contributed by atoms with Crippen molar-refractivity contribution in [3.8, 4) is 0 Å². The van der Waals surface area contributed by atoms with Crippen LogP contribution in [0.3, 0.4) is 0 Å². The number of nitrogens with one attached hydrogen (secondary N) is 2. The lowest BCUT2D eigenvalue weighted by atomic mass is 10.1. The summed E-state index contributed by atoms with van der Waals surface area (Å²) >= 11 is 0. The van der Waals surface area contributed by atoms with Crippen molar-refractivity contribution >= 4 is 34.6 Å². The summed E-state index contributed by atoms with van der Waals surface area (Å²) in [6.07, 6.45) is 0.211. The molecule has 6 nitrogen and oxygen atoms in total. The van der Waals surface area contributed by atoms with Crippen LogP contribution in [0.2, 0.25) is 0 Å². The maximum atomic E-state index is 12.5. The van der Waals surface area contributed by atoms with Gasteiger partial charge in [-0.3, -0.25) is 9.59 Å². The Balaban J connectivity index is 1.70. The van der Waals surface area contributed by atoms with Crippen molar-refractivity contribution in [1.29, 1.82) is 0 Å². The van der Waals surface area contributed by atoms with Gasteiger partial charge in [-0.2, -0.15) is 5.11 Å². The van der Waals surface area contributed by atoms with Gasteiger partial charge >= 0.3 is 0 Å². The van der Waals surface area contributed by atoms with Crippen LogP contribution in [0.5, 0.6) is 0 Å². The molecule has 0 aliphatic heterocycles. The minimum Gasteiger partial charge on any atom is -0.326 e. The largest absolute Gasteiger partial charge is 0.326 e. The fourth-order valence-electron chi connectivity index (χ4n) is 2.84. The molecule has 3 aromatic rings. The first-order chi connectivity index (χ1) is 14.4. The van der Waals surface area contributed by atoms with Gasteiger partial charge in [0, 0.05) is 12.6 Å². The molecule has 0 aliphatic rings. The third-order valence-electron chi connectivity index (χ3n) is 4.37. The maximum Gasteiger partial charge on any atom is 0.228 e. The van der Waals surface area contributed by atoms with E-state index >= 15 is 0 Å². The van der Waals surface area contributed by atoms with Crippen LogP contribution >= 0.6 is 0 Å². The van der Waals surface area contributed by atoms with E-state index in [1.807, 2.05) is 68.4 Å². The van der Waals surface area contributed by atoms with E-state index in [0.29, 0.717) is 17.1 Å². The minimum absolute atomic E-state index is 0.132. The molecule has 0 spiro atoms. The summed E-state index contributed by atoms with van der Waals surface area (Å²) in [5.41, 5.74) is 5.68. The zero-order chi connectivity index (χ0) is 21.5. The summed E-state index contributed by atoms with van der Waals surface area (Å²) in [5, 5.41) is 14.2. The third kappa shape index (κ3) is 6.10. The van der Waals surface area contributed by atoms with Gasteiger partial charge in [-0.15, -0.1) is 5.11 Å². The third-order valence-corrected chi connectivity index (χ3v) is 4.37. The SMILES string of the molecule is CC(=O)Nc1ccc(CC(=O)Nc2ccc(C)cc2N=Nc2ccc(C)cc2)cc1. The van der Waals surface area contributed by atoms with Crippen LogP contribution in [0.1, 0.15) is 23.6 Å². The highest BCUT2D eigenvalue weighted by atomic mass is 16.2. The average Bonchev–Trinajstić information content (AvgIpc) is 2.70. The van der Waals surface area contributed by atoms with Crippen LogP contribution in [-0.2, 0) is 16.0 Å². The first-order valence-corrected chi connectivity index (χ1v) is 9.64. The number of rotatable bonds is 6. The molecule has 0 aliphatic carbocycles. The molecule has 6 heteroatoms. The summed E-state index contributed by atoms with van der Waals surface area (Å²) in [6, 6.07) is 20.6. The number of aryl methyl sites for hydroxylation is 2. The van der Waals surface area contributed by atoms with Crippen LogP contribution < -0.4 is 10.6 Å². The van der Waals surface area contributed by atoms with Crippen LogP contribution in [0.15, 0.2) is 77.0 Å². The summed E-state index contributed by atoms with van der Waals surface area (Å²) in [7, 11) is 0. The summed E-state index contributed by atoms with van der Waals surface area (Å²) < 4.78 is 0. The second-order valence-corrected chi connectivity index (χ2v) is 7.16. The summed E-state index contributed by atoms with van der Waals surface area (Å²) in [4.78, 5) is 23.6. The lowest BCUT2D eigenvalue weighted by molar-refractivity contribution is -0.116. The van der Waals surface area contributed by atoms with E-state index in [0.717, 1.165) is 22.4 Å². The van der Waals surface area contributed by atoms with Crippen molar-refractivity contribution in [2.45, 2.75) is 27.2 Å². The quantitative estimate of drug-likeness (QED) is 0.508. The van der Waals surface area contributed by atoms with Gasteiger partial charge in [-0.05, 0) is 61.4 Å². The van der Waals surface area contributed by atoms with Crippen molar-refractivity contribution < 1.29 is 9.59 Å². The van der Waals surface area contributed by atoms with Crippen molar-refractivity contribution in [2.75, 3.05) is 10.6 Å². The van der Waals surface area contributed by atoms with E-state index in [2.05, 4.69) is 20.9 Å². The van der Waals surface area contributed by atoms with Crippen molar-refractivity contribution in [2.24, 2.45) is 10.2 Å². The highest BCUT2D eigenvalue weighted by Crippen LogP contribution is 2.28. The predicted molar refractivity (Wildman–Crippen MR) is 120 cm³/mol. The van der Waals surface area contributed by atoms with E-state index in [4.69, 9.17) is 0 Å². The Kier molecular flexibility index (Phi) is 6.70. The number of amides is 2. The van der Waals surface area contributed by atoms with Crippen molar-refractivity contribution in [3.05, 3.63) is 83.4 Å². The first-order valence-electron chi connectivity index (χ1n) is 9.64. The molecule has 0 fully saturated rings. The second kappa shape index (κ2) is 9.60. The molecule has 30 heavy (non-hydrogen) atoms. The number of hydrogen-bond donors (Lipinski definition) is 2. The molecule has 2 amide bonds. The summed E-state index contributed by atoms with van der Waals surface area (Å²) in [6.45, 7) is 5.44. The molecule has 0 atom stereocenters. The Morgan fingerprint density at radius 2 is 1.47 bits per heavy atom. The number of benzene rings is 3. The molecule has 0 aromatic heterocycles. The van der Waals surface area contributed by atoms with Gasteiger partial charge in [0.05, 0.1) is 17.8 Å². The Labute approximate surface area is 176 Å². The standard InChI is InChI=1S/C24H24N4O2/c1-16-4-9-21(10-5-16)27-28-23-14-17(2)6-13-22(23)26-24(30)15-19-7-11-20(12-8-19)25-18(3)29/h4-14H,15H2,1-3H3,(H,25,29)(H,26,30). The fourth-order valence-corrected chi connectivity index (χ4v) is 2.84. The second-order valence-electron chi connectivity index (χ2n) is 7.16. The Bertz CT molecular complexity index is 1070. The van der Waals surface area contributed by atoms with E-state index in [-0.39, 0.29) is 18.2 Å². The van der Waals surface area contributed by atoms with Crippen LogP contribution in [0, 0.1) is 13.8 Å². The monoisotopic (exact) mass is 400 g/mol. The molecular formula is C24H24N4O2. The van der Waals surface area contributed by atoms with Gasteiger partial charge < -0.3 is 10.6 Å². The van der Waals surface area contributed by atoms with Gasteiger partial charge in [0.15, 0.2) is 0 Å². The van der Waals surface area contributed by atoms with E-state index < -0.39 is 0 Å². The molecule has 152 valence electrons. The lowest BCUT2D eigenvalue weighted by Crippen LogP contribution is -2.14. The highest BCUT2D eigenvalue weighted by Gasteiger charge is 2.09. The normalized spacial score (nSPS) is 10.8. The zero-order valence-corrected chi connectivity index (χ0v) is 17.3. The molecule has 3 aromatic carbocycles. The van der Waals surface area contributed by atoms with Crippen LogP contribution in [0.25, 0.3) is 0 Å². The van der Waals surface area contributed by atoms with E-state index in [1.165, 1.54) is 6.92 Å². The molecule has 0 unspecified atom stereocenters. The molecule has 0 heterocycles. The van der Waals surface area contributed by atoms with Crippen molar-refractivity contribution in [1.82, 2.24) is 0 Å². The Morgan fingerprint density at radius 3 is 2.13 bits per heavy atom.